The van der Waals surface area contributed by atoms with Crippen molar-refractivity contribution in [1.29, 1.82) is 5.26 Å². The van der Waals surface area contributed by atoms with E-state index < -0.39 is 12.1 Å². The van der Waals surface area contributed by atoms with Gasteiger partial charge in [0.05, 0.1) is 11.1 Å². The molecule has 2 aromatic rings. The fourth-order valence-corrected chi connectivity index (χ4v) is 4.27. The van der Waals surface area contributed by atoms with Gasteiger partial charge in [-0.2, -0.15) is 5.26 Å². The monoisotopic (exact) mass is 408 g/mol. The van der Waals surface area contributed by atoms with Crippen LogP contribution in [0, 0.1) is 17.2 Å². The Kier molecular flexibility index (Phi) is 6.95. The molecular formula is C23H24N2O3S. The molecule has 0 aromatic heterocycles. The first kappa shape index (κ1) is 20.9. The van der Waals surface area contributed by atoms with Crippen LogP contribution >= 0.6 is 11.8 Å². The van der Waals surface area contributed by atoms with E-state index in [4.69, 9.17) is 4.74 Å². The molecule has 0 radical (unpaired) electrons. The van der Waals surface area contributed by atoms with Crippen molar-refractivity contribution in [3.8, 4) is 6.07 Å². The Balaban J connectivity index is 1.71. The SMILES string of the molecule is CC1CCN(C(=O)[C@H](C)OC(=O)c2ccccc2Sc2ccccc2C#N)CC1. The van der Waals surface area contributed by atoms with Crippen LogP contribution in [-0.2, 0) is 9.53 Å². The lowest BCUT2D eigenvalue weighted by Crippen LogP contribution is -2.44. The van der Waals surface area contributed by atoms with Crippen LogP contribution < -0.4 is 0 Å². The Morgan fingerprint density at radius 2 is 1.72 bits per heavy atom. The van der Waals surface area contributed by atoms with Crippen molar-refractivity contribution in [2.75, 3.05) is 13.1 Å². The summed E-state index contributed by atoms with van der Waals surface area (Å²) >= 11 is 1.34. The molecule has 0 spiro atoms. The van der Waals surface area contributed by atoms with Crippen LogP contribution in [0.25, 0.3) is 0 Å². The van der Waals surface area contributed by atoms with Crippen molar-refractivity contribution in [3.05, 3.63) is 59.7 Å². The van der Waals surface area contributed by atoms with Crippen LogP contribution in [0.5, 0.6) is 0 Å². The second-order valence-electron chi connectivity index (χ2n) is 7.26. The highest BCUT2D eigenvalue weighted by Gasteiger charge is 2.27. The maximum Gasteiger partial charge on any atom is 0.340 e. The molecular weight excluding hydrogens is 384 g/mol. The Hall–Kier alpha value is -2.78. The zero-order valence-corrected chi connectivity index (χ0v) is 17.4. The number of rotatable bonds is 5. The van der Waals surface area contributed by atoms with E-state index in [2.05, 4.69) is 13.0 Å². The maximum absolute atomic E-state index is 12.8. The zero-order chi connectivity index (χ0) is 20.8. The molecule has 1 heterocycles. The van der Waals surface area contributed by atoms with E-state index in [9.17, 15) is 14.9 Å². The summed E-state index contributed by atoms with van der Waals surface area (Å²) in [5.74, 6) is -0.0592. The summed E-state index contributed by atoms with van der Waals surface area (Å²) in [7, 11) is 0. The van der Waals surface area contributed by atoms with E-state index in [1.54, 1.807) is 36.1 Å². The lowest BCUT2D eigenvalue weighted by molar-refractivity contribution is -0.141. The van der Waals surface area contributed by atoms with Crippen LogP contribution in [0.3, 0.4) is 0 Å². The molecule has 2 aromatic carbocycles. The minimum absolute atomic E-state index is 0.148. The Labute approximate surface area is 175 Å². The van der Waals surface area contributed by atoms with E-state index >= 15 is 0 Å². The number of piperidine rings is 1. The van der Waals surface area contributed by atoms with Crippen molar-refractivity contribution < 1.29 is 14.3 Å². The molecule has 0 saturated carbocycles. The molecule has 1 aliphatic rings. The zero-order valence-electron chi connectivity index (χ0n) is 16.6. The molecule has 1 fully saturated rings. The molecule has 0 unspecified atom stereocenters. The van der Waals surface area contributed by atoms with Gasteiger partial charge in [0, 0.05) is 22.9 Å². The molecule has 1 atom stereocenters. The topological polar surface area (TPSA) is 70.4 Å². The number of amides is 1. The summed E-state index contributed by atoms with van der Waals surface area (Å²) < 4.78 is 5.50. The molecule has 3 rings (SSSR count). The van der Waals surface area contributed by atoms with Crippen LogP contribution in [0.1, 0.15) is 42.6 Å². The third-order valence-corrected chi connectivity index (χ3v) is 6.21. The third kappa shape index (κ3) is 5.18. The van der Waals surface area contributed by atoms with Crippen LogP contribution in [0.15, 0.2) is 58.3 Å². The van der Waals surface area contributed by atoms with Crippen molar-refractivity contribution in [3.63, 3.8) is 0 Å². The summed E-state index contributed by atoms with van der Waals surface area (Å²) in [6, 6.07) is 16.5. The molecule has 0 bridgehead atoms. The second kappa shape index (κ2) is 9.62. The minimum Gasteiger partial charge on any atom is -0.449 e. The highest BCUT2D eigenvalue weighted by Crippen LogP contribution is 2.33. The second-order valence-corrected chi connectivity index (χ2v) is 8.35. The van der Waals surface area contributed by atoms with Crippen LogP contribution in [0.4, 0.5) is 0 Å². The largest absolute Gasteiger partial charge is 0.449 e. The van der Waals surface area contributed by atoms with Crippen LogP contribution in [-0.4, -0.2) is 36.0 Å². The number of ether oxygens (including phenoxy) is 1. The lowest BCUT2D eigenvalue weighted by atomic mass is 9.99. The van der Waals surface area contributed by atoms with Crippen molar-refractivity contribution >= 4 is 23.6 Å². The van der Waals surface area contributed by atoms with Gasteiger partial charge >= 0.3 is 5.97 Å². The first-order valence-electron chi connectivity index (χ1n) is 9.75. The molecule has 6 heteroatoms. The summed E-state index contributed by atoms with van der Waals surface area (Å²) in [6.07, 6.45) is 1.12. The molecule has 1 aliphatic heterocycles. The third-order valence-electron chi connectivity index (χ3n) is 5.06. The summed E-state index contributed by atoms with van der Waals surface area (Å²) in [5.41, 5.74) is 0.931. The van der Waals surface area contributed by atoms with E-state index in [0.717, 1.165) is 17.7 Å². The number of likely N-dealkylation sites (tertiary alicyclic amines) is 1. The average Bonchev–Trinajstić information content (AvgIpc) is 2.74. The van der Waals surface area contributed by atoms with Gasteiger partial charge in [-0.1, -0.05) is 43.0 Å². The smallest absolute Gasteiger partial charge is 0.340 e. The Bertz CT molecular complexity index is 930. The molecule has 1 saturated heterocycles. The number of esters is 1. The van der Waals surface area contributed by atoms with Gasteiger partial charge in [0.15, 0.2) is 6.10 Å². The van der Waals surface area contributed by atoms with Gasteiger partial charge in [0.1, 0.15) is 6.07 Å². The van der Waals surface area contributed by atoms with Gasteiger partial charge in [-0.05, 0) is 49.9 Å². The van der Waals surface area contributed by atoms with Gasteiger partial charge in [-0.25, -0.2) is 4.79 Å². The minimum atomic E-state index is -0.833. The molecule has 5 nitrogen and oxygen atoms in total. The first-order chi connectivity index (χ1) is 14.0. The predicted molar refractivity (Wildman–Crippen MR) is 112 cm³/mol. The molecule has 29 heavy (non-hydrogen) atoms. The first-order valence-corrected chi connectivity index (χ1v) is 10.6. The standard InChI is InChI=1S/C23H24N2O3S/c1-16-11-13-25(14-12-16)22(26)17(2)28-23(27)19-8-4-6-10-21(19)29-20-9-5-3-7-18(20)15-24/h3-10,16-17H,11-14H2,1-2H3/t17-/m0/s1. The van der Waals surface area contributed by atoms with Crippen molar-refractivity contribution in [2.24, 2.45) is 5.92 Å². The Morgan fingerprint density at radius 3 is 2.41 bits per heavy atom. The van der Waals surface area contributed by atoms with E-state index in [0.29, 0.717) is 35.0 Å². The normalized spacial score (nSPS) is 15.4. The van der Waals surface area contributed by atoms with Crippen LogP contribution in [0.2, 0.25) is 0 Å². The van der Waals surface area contributed by atoms with Gasteiger partial charge in [0.25, 0.3) is 5.91 Å². The number of benzene rings is 2. The highest BCUT2D eigenvalue weighted by molar-refractivity contribution is 7.99. The number of nitrogens with zero attached hydrogens (tertiary/aromatic N) is 2. The lowest BCUT2D eigenvalue weighted by Gasteiger charge is -2.31. The van der Waals surface area contributed by atoms with Gasteiger partial charge in [0.2, 0.25) is 0 Å². The quantitative estimate of drug-likeness (QED) is 0.681. The summed E-state index contributed by atoms with van der Waals surface area (Å²) in [4.78, 5) is 28.7. The molecule has 0 aliphatic carbocycles. The van der Waals surface area contributed by atoms with E-state index in [1.165, 1.54) is 11.8 Å². The average molecular weight is 409 g/mol. The summed E-state index contributed by atoms with van der Waals surface area (Å²) in [6.45, 7) is 5.22. The van der Waals surface area contributed by atoms with Gasteiger partial charge in [-0.3, -0.25) is 4.79 Å². The Morgan fingerprint density at radius 1 is 1.10 bits per heavy atom. The number of carbonyl (C=O) groups is 2. The highest BCUT2D eigenvalue weighted by atomic mass is 32.2. The maximum atomic E-state index is 12.8. The molecule has 0 N–H and O–H groups in total. The fourth-order valence-electron chi connectivity index (χ4n) is 3.25. The van der Waals surface area contributed by atoms with Gasteiger partial charge in [-0.15, -0.1) is 0 Å². The fraction of sp³-hybridized carbons (Fsp3) is 0.348. The molecule has 150 valence electrons. The number of hydrogen-bond acceptors (Lipinski definition) is 5. The number of hydrogen-bond donors (Lipinski definition) is 0. The molecule has 1 amide bonds. The van der Waals surface area contributed by atoms with E-state index in [1.807, 2.05) is 24.3 Å². The summed E-state index contributed by atoms with van der Waals surface area (Å²) in [5, 5.41) is 9.30. The van der Waals surface area contributed by atoms with Gasteiger partial charge < -0.3 is 9.64 Å². The number of nitriles is 1. The predicted octanol–water partition coefficient (Wildman–Crippen LogP) is 4.51. The van der Waals surface area contributed by atoms with Crippen molar-refractivity contribution in [2.45, 2.75) is 42.6 Å². The van der Waals surface area contributed by atoms with E-state index in [-0.39, 0.29) is 5.91 Å². The number of carbonyl (C=O) groups excluding carboxylic acids is 2. The van der Waals surface area contributed by atoms with Crippen molar-refractivity contribution in [1.82, 2.24) is 4.90 Å².